The number of aliphatic hydroxyl groups excluding tert-OH is 1. The Hall–Kier alpha value is -1.43. The first-order chi connectivity index (χ1) is 7.86. The van der Waals surface area contributed by atoms with E-state index in [0.29, 0.717) is 13.0 Å². The van der Waals surface area contributed by atoms with Gasteiger partial charge in [-0.05, 0) is 24.6 Å². The number of nitrogens with two attached hydrogens (primary N) is 1. The van der Waals surface area contributed by atoms with Gasteiger partial charge in [0.1, 0.15) is 0 Å². The van der Waals surface area contributed by atoms with Gasteiger partial charge >= 0.3 is 6.18 Å². The predicted octanol–water partition coefficient (Wildman–Crippen LogP) is 2.11. The van der Waals surface area contributed by atoms with Gasteiger partial charge in [0.15, 0.2) is 0 Å². The number of halogens is 3. The summed E-state index contributed by atoms with van der Waals surface area (Å²) in [5, 5.41) is 8.67. The van der Waals surface area contributed by atoms with Crippen LogP contribution in [0.1, 0.15) is 12.0 Å². The monoisotopic (exact) mass is 248 g/mol. The molecule has 0 aliphatic heterocycles. The maximum absolute atomic E-state index is 12.8. The lowest BCUT2D eigenvalue weighted by Crippen LogP contribution is -2.23. The molecule has 0 unspecified atom stereocenters. The highest BCUT2D eigenvalue weighted by Crippen LogP contribution is 2.37. The average molecular weight is 248 g/mol. The quantitative estimate of drug-likeness (QED) is 0.802. The van der Waals surface area contributed by atoms with E-state index in [9.17, 15) is 13.2 Å². The standard InChI is InChI=1S/C11H15F3N2O/c1-16(5-2-6-17)10-4-3-8(15)7-9(10)11(12,13)14/h3-4,7,17H,2,5-6,15H2,1H3. The van der Waals surface area contributed by atoms with Gasteiger partial charge < -0.3 is 15.7 Å². The average Bonchev–Trinajstić information content (AvgIpc) is 2.24. The molecule has 0 saturated heterocycles. The third-order valence-corrected chi connectivity index (χ3v) is 2.39. The molecule has 3 nitrogen and oxygen atoms in total. The van der Waals surface area contributed by atoms with E-state index in [-0.39, 0.29) is 18.0 Å². The predicted molar refractivity (Wildman–Crippen MR) is 60.8 cm³/mol. The van der Waals surface area contributed by atoms with Crippen LogP contribution in [0, 0.1) is 0 Å². The van der Waals surface area contributed by atoms with Crippen molar-refractivity contribution in [3.63, 3.8) is 0 Å². The summed E-state index contributed by atoms with van der Waals surface area (Å²) < 4.78 is 38.3. The molecule has 0 aliphatic rings. The van der Waals surface area contributed by atoms with Crippen LogP contribution in [-0.2, 0) is 6.18 Å². The SMILES string of the molecule is CN(CCCO)c1ccc(N)cc1C(F)(F)F. The molecule has 1 aromatic rings. The van der Waals surface area contributed by atoms with Gasteiger partial charge in [0.25, 0.3) is 0 Å². The van der Waals surface area contributed by atoms with Crippen molar-refractivity contribution in [1.29, 1.82) is 0 Å². The zero-order valence-corrected chi connectivity index (χ0v) is 9.46. The highest BCUT2D eigenvalue weighted by Gasteiger charge is 2.34. The first-order valence-corrected chi connectivity index (χ1v) is 5.15. The molecule has 0 aromatic heterocycles. The molecule has 0 spiro atoms. The molecule has 17 heavy (non-hydrogen) atoms. The number of rotatable bonds is 4. The minimum absolute atomic E-state index is 0.0549. The van der Waals surface area contributed by atoms with Crippen molar-refractivity contribution in [3.8, 4) is 0 Å². The molecule has 6 heteroatoms. The van der Waals surface area contributed by atoms with Crippen LogP contribution >= 0.6 is 0 Å². The lowest BCUT2D eigenvalue weighted by Gasteiger charge is -2.23. The number of nitrogen functional groups attached to an aromatic ring is 1. The second kappa shape index (κ2) is 5.27. The highest BCUT2D eigenvalue weighted by molar-refractivity contribution is 5.60. The van der Waals surface area contributed by atoms with Crippen molar-refractivity contribution < 1.29 is 18.3 Å². The Kier molecular flexibility index (Phi) is 4.22. The minimum Gasteiger partial charge on any atom is -0.399 e. The van der Waals surface area contributed by atoms with Gasteiger partial charge in [0.2, 0.25) is 0 Å². The van der Waals surface area contributed by atoms with Gasteiger partial charge in [-0.1, -0.05) is 0 Å². The van der Waals surface area contributed by atoms with Crippen LogP contribution < -0.4 is 10.6 Å². The Bertz CT molecular complexity index is 379. The zero-order valence-electron chi connectivity index (χ0n) is 9.46. The zero-order chi connectivity index (χ0) is 13.1. The maximum atomic E-state index is 12.8. The van der Waals surface area contributed by atoms with Crippen molar-refractivity contribution >= 4 is 11.4 Å². The third-order valence-electron chi connectivity index (χ3n) is 2.39. The number of hydrogen-bond acceptors (Lipinski definition) is 3. The summed E-state index contributed by atoms with van der Waals surface area (Å²) in [7, 11) is 1.55. The summed E-state index contributed by atoms with van der Waals surface area (Å²) in [6.45, 7) is 0.296. The fourth-order valence-corrected chi connectivity index (χ4v) is 1.54. The van der Waals surface area contributed by atoms with E-state index in [2.05, 4.69) is 0 Å². The van der Waals surface area contributed by atoms with E-state index < -0.39 is 11.7 Å². The van der Waals surface area contributed by atoms with E-state index >= 15 is 0 Å². The molecule has 0 bridgehead atoms. The van der Waals surface area contributed by atoms with Crippen LogP contribution in [0.4, 0.5) is 24.5 Å². The Balaban J connectivity index is 3.06. The van der Waals surface area contributed by atoms with Crippen LogP contribution in [0.25, 0.3) is 0 Å². The molecule has 0 saturated carbocycles. The number of anilines is 2. The Morgan fingerprint density at radius 1 is 1.35 bits per heavy atom. The largest absolute Gasteiger partial charge is 0.418 e. The van der Waals surface area contributed by atoms with Crippen LogP contribution in [0.5, 0.6) is 0 Å². The second-order valence-corrected chi connectivity index (χ2v) is 3.77. The first-order valence-electron chi connectivity index (χ1n) is 5.15. The molecule has 0 radical (unpaired) electrons. The molecule has 96 valence electrons. The third kappa shape index (κ3) is 3.52. The van der Waals surface area contributed by atoms with Crippen molar-refractivity contribution in [1.82, 2.24) is 0 Å². The Morgan fingerprint density at radius 2 is 2.00 bits per heavy atom. The van der Waals surface area contributed by atoms with Gasteiger partial charge in [-0.25, -0.2) is 0 Å². The molecule has 0 heterocycles. The molecular formula is C11H15F3N2O. The number of aliphatic hydroxyl groups is 1. The molecule has 1 aromatic carbocycles. The summed E-state index contributed by atoms with van der Waals surface area (Å²) in [6.07, 6.45) is -4.02. The van der Waals surface area contributed by atoms with Crippen molar-refractivity contribution in [2.24, 2.45) is 0 Å². The number of benzene rings is 1. The summed E-state index contributed by atoms with van der Waals surface area (Å²) in [5.74, 6) is 0. The van der Waals surface area contributed by atoms with Crippen molar-refractivity contribution in [3.05, 3.63) is 23.8 Å². The normalized spacial score (nSPS) is 11.6. The fourth-order valence-electron chi connectivity index (χ4n) is 1.54. The molecule has 3 N–H and O–H groups in total. The smallest absolute Gasteiger partial charge is 0.399 e. The van der Waals surface area contributed by atoms with Gasteiger partial charge in [-0.3, -0.25) is 0 Å². The van der Waals surface area contributed by atoms with Crippen LogP contribution in [-0.4, -0.2) is 25.3 Å². The van der Waals surface area contributed by atoms with Gasteiger partial charge in [0, 0.05) is 31.6 Å². The summed E-state index contributed by atoms with van der Waals surface area (Å²) in [6, 6.07) is 3.69. The minimum atomic E-state index is -4.43. The topological polar surface area (TPSA) is 49.5 Å². The Labute approximate surface area is 97.6 Å². The van der Waals surface area contributed by atoms with Crippen molar-refractivity contribution in [2.45, 2.75) is 12.6 Å². The highest BCUT2D eigenvalue weighted by atomic mass is 19.4. The van der Waals surface area contributed by atoms with E-state index in [1.165, 1.54) is 17.0 Å². The fraction of sp³-hybridized carbons (Fsp3) is 0.455. The van der Waals surface area contributed by atoms with Crippen molar-refractivity contribution in [2.75, 3.05) is 30.8 Å². The van der Waals surface area contributed by atoms with Crippen LogP contribution in [0.2, 0.25) is 0 Å². The number of alkyl halides is 3. The lowest BCUT2D eigenvalue weighted by atomic mass is 10.1. The van der Waals surface area contributed by atoms with E-state index in [1.54, 1.807) is 7.05 Å². The van der Waals surface area contributed by atoms with Crippen LogP contribution in [0.15, 0.2) is 18.2 Å². The Morgan fingerprint density at radius 3 is 2.53 bits per heavy atom. The first kappa shape index (κ1) is 13.6. The van der Waals surface area contributed by atoms with Gasteiger partial charge in [-0.2, -0.15) is 13.2 Å². The molecular weight excluding hydrogens is 233 g/mol. The number of hydrogen-bond donors (Lipinski definition) is 2. The summed E-state index contributed by atoms with van der Waals surface area (Å²) >= 11 is 0. The van der Waals surface area contributed by atoms with E-state index in [1.807, 2.05) is 0 Å². The van der Waals surface area contributed by atoms with Crippen LogP contribution in [0.3, 0.4) is 0 Å². The summed E-state index contributed by atoms with van der Waals surface area (Å²) in [5.41, 5.74) is 4.76. The molecule has 0 atom stereocenters. The number of nitrogens with zero attached hydrogens (tertiary/aromatic N) is 1. The molecule has 0 aliphatic carbocycles. The molecule has 0 amide bonds. The van der Waals surface area contributed by atoms with E-state index in [0.717, 1.165) is 6.07 Å². The molecule has 0 fully saturated rings. The van der Waals surface area contributed by atoms with E-state index in [4.69, 9.17) is 10.8 Å². The summed E-state index contributed by atoms with van der Waals surface area (Å²) in [4.78, 5) is 1.46. The van der Waals surface area contributed by atoms with Gasteiger partial charge in [0.05, 0.1) is 5.56 Å². The maximum Gasteiger partial charge on any atom is 0.418 e. The van der Waals surface area contributed by atoms with Gasteiger partial charge in [-0.15, -0.1) is 0 Å². The molecule has 1 rings (SSSR count). The second-order valence-electron chi connectivity index (χ2n) is 3.77. The lowest BCUT2D eigenvalue weighted by molar-refractivity contribution is -0.137.